The Bertz CT molecular complexity index is 876. The van der Waals surface area contributed by atoms with E-state index in [0.29, 0.717) is 11.4 Å². The molecule has 0 spiro atoms. The van der Waals surface area contributed by atoms with E-state index in [1.54, 1.807) is 6.07 Å². The molecule has 1 amide bonds. The molecular weight excluding hydrogens is 336 g/mol. The predicted molar refractivity (Wildman–Crippen MR) is 103 cm³/mol. The smallest absolute Gasteiger partial charge is 0.232 e. The fourth-order valence-corrected chi connectivity index (χ4v) is 3.60. The Morgan fingerprint density at radius 2 is 1.76 bits per heavy atom. The maximum Gasteiger partial charge on any atom is 0.232 e. The van der Waals surface area contributed by atoms with Crippen LogP contribution in [0.25, 0.3) is 0 Å². The molecule has 0 saturated carbocycles. The summed E-state index contributed by atoms with van der Waals surface area (Å²) >= 11 is 0. The second kappa shape index (κ2) is 7.70. The van der Waals surface area contributed by atoms with Crippen molar-refractivity contribution in [3.63, 3.8) is 0 Å². The first-order valence-electron chi connectivity index (χ1n) is 8.09. The zero-order chi connectivity index (χ0) is 18.6. The maximum absolute atomic E-state index is 12.2. The van der Waals surface area contributed by atoms with Crippen LogP contribution in [-0.4, -0.2) is 27.1 Å². The van der Waals surface area contributed by atoms with E-state index in [1.165, 1.54) is 4.31 Å². The number of hydrogen-bond donors (Lipinski definition) is 1. The Labute approximate surface area is 149 Å². The number of aryl methyl sites for hydroxylation is 2. The van der Waals surface area contributed by atoms with Crippen molar-refractivity contribution in [3.8, 4) is 0 Å². The highest BCUT2D eigenvalue weighted by atomic mass is 32.2. The number of nitrogens with zero attached hydrogens (tertiary/aromatic N) is 1. The fourth-order valence-electron chi connectivity index (χ4n) is 2.62. The topological polar surface area (TPSA) is 66.5 Å². The summed E-state index contributed by atoms with van der Waals surface area (Å²) in [4.78, 5) is 12.2. The summed E-state index contributed by atoms with van der Waals surface area (Å²) in [6, 6.07) is 13.0. The van der Waals surface area contributed by atoms with Crippen LogP contribution in [0.3, 0.4) is 0 Å². The third-order valence-corrected chi connectivity index (χ3v) is 5.27. The molecule has 0 aliphatic heterocycles. The Morgan fingerprint density at radius 1 is 1.08 bits per heavy atom. The Hall–Kier alpha value is -2.34. The van der Waals surface area contributed by atoms with Gasteiger partial charge in [-0.25, -0.2) is 8.42 Å². The van der Waals surface area contributed by atoms with Gasteiger partial charge in [0.15, 0.2) is 0 Å². The van der Waals surface area contributed by atoms with Crippen molar-refractivity contribution >= 4 is 27.3 Å². The standard InChI is InChI=1S/C19H24N2O3S/c1-14-7-5-9-17(13-14)20-19(22)11-12-21(25(4,23)24)18-10-6-8-15(2)16(18)3/h5-10,13H,11-12H2,1-4H3,(H,20,22). The van der Waals surface area contributed by atoms with Gasteiger partial charge in [0, 0.05) is 18.7 Å². The van der Waals surface area contributed by atoms with Crippen molar-refractivity contribution in [2.45, 2.75) is 27.2 Å². The van der Waals surface area contributed by atoms with E-state index < -0.39 is 10.0 Å². The van der Waals surface area contributed by atoms with Gasteiger partial charge in [-0.05, 0) is 55.7 Å². The van der Waals surface area contributed by atoms with Crippen LogP contribution in [0.5, 0.6) is 0 Å². The third kappa shape index (κ3) is 5.06. The highest BCUT2D eigenvalue weighted by molar-refractivity contribution is 7.92. The number of rotatable bonds is 6. The summed E-state index contributed by atoms with van der Waals surface area (Å²) in [5.74, 6) is -0.218. The molecule has 0 aliphatic rings. The predicted octanol–water partition coefficient (Wildman–Crippen LogP) is 3.41. The van der Waals surface area contributed by atoms with E-state index >= 15 is 0 Å². The van der Waals surface area contributed by atoms with Crippen molar-refractivity contribution in [2.24, 2.45) is 0 Å². The molecule has 0 atom stereocenters. The largest absolute Gasteiger partial charge is 0.326 e. The zero-order valence-corrected chi connectivity index (χ0v) is 15.9. The van der Waals surface area contributed by atoms with Gasteiger partial charge in [-0.3, -0.25) is 9.10 Å². The molecule has 2 aromatic carbocycles. The molecule has 0 fully saturated rings. The Morgan fingerprint density at radius 3 is 2.40 bits per heavy atom. The van der Waals surface area contributed by atoms with Crippen molar-refractivity contribution in [1.82, 2.24) is 0 Å². The molecule has 25 heavy (non-hydrogen) atoms. The van der Waals surface area contributed by atoms with E-state index in [4.69, 9.17) is 0 Å². The average molecular weight is 360 g/mol. The zero-order valence-electron chi connectivity index (χ0n) is 15.0. The van der Waals surface area contributed by atoms with E-state index in [0.717, 1.165) is 22.9 Å². The van der Waals surface area contributed by atoms with Crippen LogP contribution in [-0.2, 0) is 14.8 Å². The van der Waals surface area contributed by atoms with Crippen molar-refractivity contribution in [1.29, 1.82) is 0 Å². The monoisotopic (exact) mass is 360 g/mol. The highest BCUT2D eigenvalue weighted by Gasteiger charge is 2.20. The lowest BCUT2D eigenvalue weighted by Crippen LogP contribution is -2.33. The lowest BCUT2D eigenvalue weighted by Gasteiger charge is -2.24. The lowest BCUT2D eigenvalue weighted by molar-refractivity contribution is -0.116. The number of carbonyl (C=O) groups is 1. The van der Waals surface area contributed by atoms with Crippen LogP contribution in [0, 0.1) is 20.8 Å². The lowest BCUT2D eigenvalue weighted by atomic mass is 10.1. The van der Waals surface area contributed by atoms with Gasteiger partial charge < -0.3 is 5.32 Å². The normalized spacial score (nSPS) is 11.2. The first-order valence-corrected chi connectivity index (χ1v) is 9.94. The molecule has 0 saturated heterocycles. The molecule has 0 aromatic heterocycles. The van der Waals surface area contributed by atoms with Crippen LogP contribution in [0.4, 0.5) is 11.4 Å². The number of sulfonamides is 1. The van der Waals surface area contributed by atoms with Gasteiger partial charge in [0.2, 0.25) is 15.9 Å². The van der Waals surface area contributed by atoms with Crippen molar-refractivity contribution < 1.29 is 13.2 Å². The van der Waals surface area contributed by atoms with Crippen LogP contribution in [0.15, 0.2) is 42.5 Å². The first-order chi connectivity index (χ1) is 11.7. The van der Waals surface area contributed by atoms with Crippen molar-refractivity contribution in [2.75, 3.05) is 22.4 Å². The molecule has 0 heterocycles. The second-order valence-electron chi connectivity index (χ2n) is 6.22. The second-order valence-corrected chi connectivity index (χ2v) is 8.13. The summed E-state index contributed by atoms with van der Waals surface area (Å²) in [5, 5.41) is 2.81. The Kier molecular flexibility index (Phi) is 5.85. The van der Waals surface area contributed by atoms with Gasteiger partial charge in [-0.15, -0.1) is 0 Å². The molecule has 0 radical (unpaired) electrons. The van der Waals surface area contributed by atoms with Gasteiger partial charge in [-0.1, -0.05) is 24.3 Å². The Balaban J connectivity index is 2.13. The minimum Gasteiger partial charge on any atom is -0.326 e. The van der Waals surface area contributed by atoms with Gasteiger partial charge in [-0.2, -0.15) is 0 Å². The molecule has 0 unspecified atom stereocenters. The molecule has 134 valence electrons. The van der Waals surface area contributed by atoms with Crippen LogP contribution >= 0.6 is 0 Å². The number of nitrogens with one attached hydrogen (secondary N) is 1. The SMILES string of the molecule is Cc1cccc(NC(=O)CCN(c2cccc(C)c2C)S(C)(=O)=O)c1. The average Bonchev–Trinajstić information content (AvgIpc) is 2.50. The summed E-state index contributed by atoms with van der Waals surface area (Å²) in [5.41, 5.74) is 4.28. The van der Waals surface area contributed by atoms with Gasteiger partial charge in [0.25, 0.3) is 0 Å². The van der Waals surface area contributed by atoms with Crippen LogP contribution < -0.4 is 9.62 Å². The minimum atomic E-state index is -3.48. The number of hydrogen-bond acceptors (Lipinski definition) is 3. The van der Waals surface area contributed by atoms with E-state index in [2.05, 4.69) is 5.32 Å². The molecule has 5 nitrogen and oxygen atoms in total. The highest BCUT2D eigenvalue weighted by Crippen LogP contribution is 2.25. The first kappa shape index (κ1) is 19.0. The number of carbonyl (C=O) groups excluding carboxylic acids is 1. The minimum absolute atomic E-state index is 0.0778. The molecule has 0 bridgehead atoms. The molecule has 6 heteroatoms. The molecular formula is C19H24N2O3S. The van der Waals surface area contributed by atoms with Gasteiger partial charge >= 0.3 is 0 Å². The number of benzene rings is 2. The maximum atomic E-state index is 12.2. The molecule has 2 rings (SSSR count). The summed E-state index contributed by atoms with van der Waals surface area (Å²) in [6.45, 7) is 5.86. The van der Waals surface area contributed by atoms with Gasteiger partial charge in [0.05, 0.1) is 11.9 Å². The molecule has 2 aromatic rings. The quantitative estimate of drug-likeness (QED) is 0.858. The van der Waals surface area contributed by atoms with E-state index in [1.807, 2.05) is 57.2 Å². The summed E-state index contributed by atoms with van der Waals surface area (Å²) in [7, 11) is -3.48. The van der Waals surface area contributed by atoms with Crippen LogP contribution in [0.1, 0.15) is 23.1 Å². The number of anilines is 2. The summed E-state index contributed by atoms with van der Waals surface area (Å²) < 4.78 is 25.7. The number of amides is 1. The van der Waals surface area contributed by atoms with Crippen molar-refractivity contribution in [3.05, 3.63) is 59.2 Å². The molecule has 0 aliphatic carbocycles. The van der Waals surface area contributed by atoms with Gasteiger partial charge in [0.1, 0.15) is 0 Å². The third-order valence-electron chi connectivity index (χ3n) is 4.09. The van der Waals surface area contributed by atoms with E-state index in [9.17, 15) is 13.2 Å². The summed E-state index contributed by atoms with van der Waals surface area (Å²) in [6.07, 6.45) is 1.24. The fraction of sp³-hybridized carbons (Fsp3) is 0.316. The van der Waals surface area contributed by atoms with E-state index in [-0.39, 0.29) is 18.9 Å². The van der Waals surface area contributed by atoms with Crippen LogP contribution in [0.2, 0.25) is 0 Å². The molecule has 1 N–H and O–H groups in total.